The molecule has 0 bridgehead atoms. The van der Waals surface area contributed by atoms with Crippen molar-refractivity contribution in [3.63, 3.8) is 0 Å². The van der Waals surface area contributed by atoms with E-state index in [0.29, 0.717) is 29.2 Å². The summed E-state index contributed by atoms with van der Waals surface area (Å²) in [7, 11) is -3.40. The summed E-state index contributed by atoms with van der Waals surface area (Å²) in [5.41, 5.74) is 7.04. The number of hydrogen-bond donors (Lipinski definition) is 1. The highest BCUT2D eigenvalue weighted by atomic mass is 32.2. The third-order valence-electron chi connectivity index (χ3n) is 3.68. The minimum Gasteiger partial charge on any atom is -0.399 e. The fourth-order valence-electron chi connectivity index (χ4n) is 2.68. The van der Waals surface area contributed by atoms with Gasteiger partial charge < -0.3 is 5.73 Å². The van der Waals surface area contributed by atoms with E-state index in [1.54, 1.807) is 29.4 Å². The van der Waals surface area contributed by atoms with E-state index in [0.717, 1.165) is 12.8 Å². The Morgan fingerprint density at radius 1 is 1.32 bits per heavy atom. The molecule has 0 saturated carbocycles. The summed E-state index contributed by atoms with van der Waals surface area (Å²) in [6, 6.07) is 4.97. The molecule has 0 atom stereocenters. The Hall–Kier alpha value is -1.07. The van der Waals surface area contributed by atoms with Crippen LogP contribution in [0.1, 0.15) is 32.3 Å². The molecule has 1 fully saturated rings. The lowest BCUT2D eigenvalue weighted by molar-refractivity contribution is 0.187. The molecule has 1 saturated heterocycles. The van der Waals surface area contributed by atoms with Crippen molar-refractivity contribution in [2.24, 2.45) is 5.41 Å². The van der Waals surface area contributed by atoms with E-state index in [2.05, 4.69) is 13.8 Å². The lowest BCUT2D eigenvalue weighted by atomic mass is 9.85. The fraction of sp³-hybridized carbons (Fsp3) is 0.571. The number of anilines is 1. The monoisotopic (exact) mass is 282 g/mol. The van der Waals surface area contributed by atoms with Crippen molar-refractivity contribution in [1.82, 2.24) is 4.31 Å². The molecule has 5 heteroatoms. The fourth-order valence-corrected chi connectivity index (χ4v) is 4.55. The second kappa shape index (κ2) is 4.80. The molecule has 0 amide bonds. The Kier molecular flexibility index (Phi) is 3.62. The van der Waals surface area contributed by atoms with Crippen LogP contribution in [0.2, 0.25) is 0 Å². The molecule has 1 aliphatic rings. The highest BCUT2D eigenvalue weighted by Crippen LogP contribution is 2.32. The number of nitrogens with zero attached hydrogens (tertiary/aromatic N) is 1. The van der Waals surface area contributed by atoms with Gasteiger partial charge in [-0.3, -0.25) is 0 Å². The van der Waals surface area contributed by atoms with Gasteiger partial charge in [-0.25, -0.2) is 8.42 Å². The van der Waals surface area contributed by atoms with Crippen molar-refractivity contribution in [2.75, 3.05) is 18.8 Å². The maximum absolute atomic E-state index is 12.7. The number of nitrogen functional groups attached to an aromatic ring is 1. The zero-order valence-corrected chi connectivity index (χ0v) is 12.6. The van der Waals surface area contributed by atoms with Crippen molar-refractivity contribution in [3.8, 4) is 0 Å². The van der Waals surface area contributed by atoms with Gasteiger partial charge in [0.05, 0.1) is 4.90 Å². The molecule has 2 N–H and O–H groups in total. The summed E-state index contributed by atoms with van der Waals surface area (Å²) in [5.74, 6) is 0. The van der Waals surface area contributed by atoms with E-state index in [1.165, 1.54) is 0 Å². The Bertz CT molecular complexity index is 579. The average molecular weight is 282 g/mol. The highest BCUT2D eigenvalue weighted by molar-refractivity contribution is 7.89. The zero-order chi connectivity index (χ0) is 14.3. The maximum atomic E-state index is 12.7. The van der Waals surface area contributed by atoms with E-state index < -0.39 is 10.0 Å². The SMILES string of the molecule is Cc1cc(N)ccc1S(=O)(=O)N1CCCC(C)(C)C1. The first kappa shape index (κ1) is 14.3. The number of sulfonamides is 1. The average Bonchev–Trinajstić information content (AvgIpc) is 2.27. The molecule has 19 heavy (non-hydrogen) atoms. The first-order valence-corrected chi connectivity index (χ1v) is 8.03. The van der Waals surface area contributed by atoms with E-state index in [9.17, 15) is 8.42 Å². The van der Waals surface area contributed by atoms with Crippen LogP contribution in [0.15, 0.2) is 23.1 Å². The van der Waals surface area contributed by atoms with E-state index in [1.807, 2.05) is 0 Å². The molecule has 0 spiro atoms. The van der Waals surface area contributed by atoms with Crippen LogP contribution in [0.4, 0.5) is 5.69 Å². The Balaban J connectivity index is 2.37. The Labute approximate surface area is 115 Å². The van der Waals surface area contributed by atoms with Crippen LogP contribution >= 0.6 is 0 Å². The van der Waals surface area contributed by atoms with Crippen molar-refractivity contribution >= 4 is 15.7 Å². The molecule has 0 aromatic heterocycles. The molecular formula is C14H22N2O2S. The number of rotatable bonds is 2. The van der Waals surface area contributed by atoms with Crippen molar-refractivity contribution in [1.29, 1.82) is 0 Å². The van der Waals surface area contributed by atoms with Crippen molar-refractivity contribution < 1.29 is 8.42 Å². The van der Waals surface area contributed by atoms with Gasteiger partial charge in [-0.15, -0.1) is 0 Å². The lowest BCUT2D eigenvalue weighted by Gasteiger charge is -2.37. The summed E-state index contributed by atoms with van der Waals surface area (Å²) in [6.45, 7) is 7.21. The first-order chi connectivity index (χ1) is 8.72. The predicted octanol–water partition coefficient (Wildman–Crippen LogP) is 2.39. The quantitative estimate of drug-likeness (QED) is 0.847. The summed E-state index contributed by atoms with van der Waals surface area (Å²) in [6.07, 6.45) is 1.99. The number of aryl methyl sites for hydroxylation is 1. The van der Waals surface area contributed by atoms with Crippen LogP contribution in [-0.2, 0) is 10.0 Å². The van der Waals surface area contributed by atoms with Crippen LogP contribution in [0, 0.1) is 12.3 Å². The minimum atomic E-state index is -3.40. The van der Waals surface area contributed by atoms with Gasteiger partial charge in [-0.1, -0.05) is 13.8 Å². The number of nitrogens with two attached hydrogens (primary N) is 1. The van der Waals surface area contributed by atoms with Gasteiger partial charge >= 0.3 is 0 Å². The molecule has 1 aromatic carbocycles. The zero-order valence-electron chi connectivity index (χ0n) is 11.8. The van der Waals surface area contributed by atoms with Crippen LogP contribution in [0.5, 0.6) is 0 Å². The highest BCUT2D eigenvalue weighted by Gasteiger charge is 2.34. The van der Waals surface area contributed by atoms with Crippen LogP contribution in [0.3, 0.4) is 0 Å². The molecule has 4 nitrogen and oxygen atoms in total. The summed E-state index contributed by atoms with van der Waals surface area (Å²) < 4.78 is 27.0. The van der Waals surface area contributed by atoms with E-state index in [4.69, 9.17) is 5.73 Å². The normalized spacial score (nSPS) is 20.4. The van der Waals surface area contributed by atoms with Gasteiger partial charge in [-0.05, 0) is 48.9 Å². The second-order valence-corrected chi connectivity index (χ2v) is 8.04. The molecule has 0 aliphatic carbocycles. The van der Waals surface area contributed by atoms with Gasteiger partial charge in [0.15, 0.2) is 0 Å². The third kappa shape index (κ3) is 2.92. The molecule has 1 aliphatic heterocycles. The smallest absolute Gasteiger partial charge is 0.243 e. The van der Waals surface area contributed by atoms with Gasteiger partial charge in [0.1, 0.15) is 0 Å². The van der Waals surface area contributed by atoms with E-state index >= 15 is 0 Å². The Morgan fingerprint density at radius 3 is 2.58 bits per heavy atom. The molecule has 0 radical (unpaired) electrons. The molecule has 106 valence electrons. The second-order valence-electron chi connectivity index (χ2n) is 6.13. The number of piperidine rings is 1. The molecule has 1 aromatic rings. The molecule has 0 unspecified atom stereocenters. The lowest BCUT2D eigenvalue weighted by Crippen LogP contribution is -2.43. The largest absolute Gasteiger partial charge is 0.399 e. The van der Waals surface area contributed by atoms with Crippen LogP contribution in [0.25, 0.3) is 0 Å². The Morgan fingerprint density at radius 2 is 2.00 bits per heavy atom. The maximum Gasteiger partial charge on any atom is 0.243 e. The van der Waals surface area contributed by atoms with Crippen molar-refractivity contribution in [2.45, 2.75) is 38.5 Å². The van der Waals surface area contributed by atoms with Crippen LogP contribution in [-0.4, -0.2) is 25.8 Å². The standard InChI is InChI=1S/C14H22N2O2S/c1-11-9-12(15)5-6-13(11)19(17,18)16-8-4-7-14(2,3)10-16/h5-6,9H,4,7-8,10,15H2,1-3H3. The predicted molar refractivity (Wildman–Crippen MR) is 77.4 cm³/mol. The minimum absolute atomic E-state index is 0.0486. The first-order valence-electron chi connectivity index (χ1n) is 6.59. The number of hydrogen-bond acceptors (Lipinski definition) is 3. The van der Waals surface area contributed by atoms with E-state index in [-0.39, 0.29) is 5.41 Å². The van der Waals surface area contributed by atoms with Gasteiger partial charge in [0.2, 0.25) is 10.0 Å². The summed E-state index contributed by atoms with van der Waals surface area (Å²) >= 11 is 0. The molecular weight excluding hydrogens is 260 g/mol. The van der Waals surface area contributed by atoms with Crippen molar-refractivity contribution in [3.05, 3.63) is 23.8 Å². The van der Waals surface area contributed by atoms with Gasteiger partial charge in [-0.2, -0.15) is 4.31 Å². The molecule has 2 rings (SSSR count). The van der Waals surface area contributed by atoms with Crippen LogP contribution < -0.4 is 5.73 Å². The summed E-state index contributed by atoms with van der Waals surface area (Å²) in [4.78, 5) is 0.374. The topological polar surface area (TPSA) is 63.4 Å². The van der Waals surface area contributed by atoms with Gasteiger partial charge in [0, 0.05) is 18.8 Å². The molecule has 1 heterocycles. The summed E-state index contributed by atoms with van der Waals surface area (Å²) in [5, 5.41) is 0. The third-order valence-corrected chi connectivity index (χ3v) is 5.69. The number of benzene rings is 1. The van der Waals surface area contributed by atoms with Gasteiger partial charge in [0.25, 0.3) is 0 Å².